The normalized spacial score (nSPS) is 10.1. The lowest BCUT2D eigenvalue weighted by Crippen LogP contribution is -2.04. The molecule has 0 amide bonds. The second-order valence-corrected chi connectivity index (χ2v) is 12.3. The Bertz CT molecular complexity index is 2830. The summed E-state index contributed by atoms with van der Waals surface area (Å²) in [5, 5.41) is 62.0. The fraction of sp³-hybridized carbons (Fsp3) is 0. The highest BCUT2D eigenvalue weighted by Gasteiger charge is 2.31. The van der Waals surface area contributed by atoms with Crippen LogP contribution in [0.2, 0.25) is 0 Å². The monoisotopic (exact) mass is 684 g/mol. The Morgan fingerprint density at radius 3 is 0.981 bits per heavy atom. The summed E-state index contributed by atoms with van der Waals surface area (Å²) < 4.78 is 0. The van der Waals surface area contributed by atoms with Gasteiger partial charge in [0.2, 0.25) is 0 Å². The van der Waals surface area contributed by atoms with Gasteiger partial charge in [0.05, 0.1) is 69.8 Å². The second-order valence-electron chi connectivity index (χ2n) is 12.3. The van der Waals surface area contributed by atoms with Crippen molar-refractivity contribution in [1.29, 1.82) is 31.6 Å². The summed E-state index contributed by atoms with van der Waals surface area (Å²) in [6.07, 6.45) is 0. The van der Waals surface area contributed by atoms with E-state index in [4.69, 9.17) is 0 Å². The zero-order valence-electron chi connectivity index (χ0n) is 28.5. The molecule has 0 radical (unpaired) electrons. The molecule has 7 aromatic carbocycles. The van der Waals surface area contributed by atoms with Crippen LogP contribution in [0.4, 0.5) is 0 Å². The highest BCUT2D eigenvalue weighted by atomic mass is 14.4. The molecule has 0 unspecified atom stereocenters. The quantitative estimate of drug-likeness (QED) is 0.170. The Morgan fingerprint density at radius 2 is 0.611 bits per heavy atom. The number of benzene rings is 7. The molecular weight excluding hydrogens is 661 g/mol. The van der Waals surface area contributed by atoms with Gasteiger partial charge in [0.1, 0.15) is 0 Å². The van der Waals surface area contributed by atoms with E-state index in [2.05, 4.69) is 36.4 Å². The SMILES string of the molecule is N#Cc1ccc(-c2c(-c3ccccc3C#N)c(-c3cccc(C#N)c3)c(-c3cccc(C#N)c3)c(-c3ccccc3C#N)c2-c2ccccc2C#N)cc1. The predicted molar refractivity (Wildman–Crippen MR) is 207 cm³/mol. The van der Waals surface area contributed by atoms with Gasteiger partial charge in [-0.05, 0) is 105 Å². The Morgan fingerprint density at radius 1 is 0.259 bits per heavy atom. The molecule has 0 spiro atoms. The van der Waals surface area contributed by atoms with Gasteiger partial charge in [0.25, 0.3) is 0 Å². The van der Waals surface area contributed by atoms with Crippen LogP contribution >= 0.6 is 0 Å². The molecule has 0 bridgehead atoms. The fourth-order valence-electron chi connectivity index (χ4n) is 7.02. The summed E-state index contributed by atoms with van der Waals surface area (Å²) >= 11 is 0. The van der Waals surface area contributed by atoms with E-state index >= 15 is 0 Å². The van der Waals surface area contributed by atoms with Crippen molar-refractivity contribution < 1.29 is 0 Å². The Hall–Kier alpha value is -8.52. The minimum absolute atomic E-state index is 0.374. The van der Waals surface area contributed by atoms with E-state index in [0.29, 0.717) is 100 Å². The first-order chi connectivity index (χ1) is 26.5. The Balaban J connectivity index is 1.92. The van der Waals surface area contributed by atoms with E-state index in [9.17, 15) is 31.6 Å². The van der Waals surface area contributed by atoms with Crippen molar-refractivity contribution in [1.82, 2.24) is 0 Å². The molecule has 54 heavy (non-hydrogen) atoms. The highest BCUT2D eigenvalue weighted by Crippen LogP contribution is 2.57. The molecule has 0 saturated carbocycles. The minimum atomic E-state index is 0.374. The minimum Gasteiger partial charge on any atom is -0.192 e. The van der Waals surface area contributed by atoms with Crippen molar-refractivity contribution in [2.24, 2.45) is 0 Å². The molecule has 6 heteroatoms. The topological polar surface area (TPSA) is 143 Å². The first-order valence-corrected chi connectivity index (χ1v) is 16.8. The number of hydrogen-bond acceptors (Lipinski definition) is 6. The average Bonchev–Trinajstić information content (AvgIpc) is 3.25. The molecule has 0 aliphatic heterocycles. The molecule has 0 aliphatic rings. The molecule has 246 valence electrons. The highest BCUT2D eigenvalue weighted by molar-refractivity contribution is 6.16. The lowest BCUT2D eigenvalue weighted by Gasteiger charge is -2.29. The molecule has 0 N–H and O–H groups in total. The first kappa shape index (κ1) is 34.0. The smallest absolute Gasteiger partial charge is 0.0998 e. The molecule has 0 fully saturated rings. The van der Waals surface area contributed by atoms with Crippen LogP contribution in [0.25, 0.3) is 66.8 Å². The molecule has 0 aromatic heterocycles. The van der Waals surface area contributed by atoms with Crippen LogP contribution in [-0.4, -0.2) is 0 Å². The van der Waals surface area contributed by atoms with Crippen LogP contribution in [0.15, 0.2) is 146 Å². The largest absolute Gasteiger partial charge is 0.192 e. The van der Waals surface area contributed by atoms with Gasteiger partial charge >= 0.3 is 0 Å². The van der Waals surface area contributed by atoms with Gasteiger partial charge in [-0.25, -0.2) is 0 Å². The standard InChI is InChI=1S/C48H24N6/c49-25-31-19-21-34(22-20-31)43-46(40-16-4-1-11-37(40)28-52)44(35-14-7-9-32(23-35)26-50)45(36-15-8-10-33(24-36)27-51)48(42-18-6-3-13-39(42)30-54)47(43)41-17-5-2-12-38(41)29-53/h1-24H. The van der Waals surface area contributed by atoms with Crippen LogP contribution < -0.4 is 0 Å². The molecule has 0 heterocycles. The third-order valence-electron chi connectivity index (χ3n) is 9.31. The van der Waals surface area contributed by atoms with Crippen molar-refractivity contribution in [3.63, 3.8) is 0 Å². The summed E-state index contributed by atoms with van der Waals surface area (Å²) in [6, 6.07) is 57.1. The summed E-state index contributed by atoms with van der Waals surface area (Å²) in [7, 11) is 0. The Labute approximate surface area is 312 Å². The molecule has 0 aliphatic carbocycles. The number of hydrogen-bond donors (Lipinski definition) is 0. The van der Waals surface area contributed by atoms with E-state index in [1.807, 2.05) is 60.7 Å². The zero-order chi connectivity index (χ0) is 37.6. The first-order valence-electron chi connectivity index (χ1n) is 16.8. The predicted octanol–water partition coefficient (Wildman–Crippen LogP) is 10.9. The van der Waals surface area contributed by atoms with Crippen LogP contribution in [-0.2, 0) is 0 Å². The third-order valence-corrected chi connectivity index (χ3v) is 9.31. The Kier molecular flexibility index (Phi) is 9.28. The van der Waals surface area contributed by atoms with Crippen molar-refractivity contribution in [2.75, 3.05) is 0 Å². The lowest BCUT2D eigenvalue weighted by atomic mass is 9.72. The third kappa shape index (κ3) is 5.99. The van der Waals surface area contributed by atoms with Gasteiger partial charge in [-0.15, -0.1) is 0 Å². The molecule has 7 aromatic rings. The van der Waals surface area contributed by atoms with Crippen LogP contribution in [0, 0.1) is 68.0 Å². The summed E-state index contributed by atoms with van der Waals surface area (Å²) in [6.45, 7) is 0. The molecule has 0 atom stereocenters. The maximum Gasteiger partial charge on any atom is 0.0998 e. The van der Waals surface area contributed by atoms with Gasteiger partial charge in [-0.1, -0.05) is 91.0 Å². The van der Waals surface area contributed by atoms with Gasteiger partial charge in [0, 0.05) is 16.7 Å². The van der Waals surface area contributed by atoms with Crippen LogP contribution in [0.3, 0.4) is 0 Å². The van der Waals surface area contributed by atoms with E-state index in [1.165, 1.54) is 0 Å². The van der Waals surface area contributed by atoms with E-state index in [1.54, 1.807) is 84.9 Å². The molecule has 7 rings (SSSR count). The molecule has 0 saturated heterocycles. The van der Waals surface area contributed by atoms with Gasteiger partial charge in [-0.3, -0.25) is 0 Å². The van der Waals surface area contributed by atoms with Crippen molar-refractivity contribution >= 4 is 0 Å². The second kappa shape index (κ2) is 14.8. The van der Waals surface area contributed by atoms with Crippen molar-refractivity contribution in [3.8, 4) is 103 Å². The summed E-state index contributed by atoms with van der Waals surface area (Å²) in [4.78, 5) is 0. The average molecular weight is 685 g/mol. The summed E-state index contributed by atoms with van der Waals surface area (Å²) in [5.74, 6) is 0. The van der Waals surface area contributed by atoms with Crippen molar-refractivity contribution in [3.05, 3.63) is 179 Å². The molecule has 6 nitrogen and oxygen atoms in total. The van der Waals surface area contributed by atoms with Crippen LogP contribution in [0.1, 0.15) is 33.4 Å². The van der Waals surface area contributed by atoms with E-state index in [0.717, 1.165) is 0 Å². The number of nitrogens with zero attached hydrogens (tertiary/aromatic N) is 6. The van der Waals surface area contributed by atoms with E-state index in [-0.39, 0.29) is 0 Å². The maximum atomic E-state index is 10.6. The zero-order valence-corrected chi connectivity index (χ0v) is 28.5. The van der Waals surface area contributed by atoms with Gasteiger partial charge < -0.3 is 0 Å². The van der Waals surface area contributed by atoms with E-state index < -0.39 is 0 Å². The van der Waals surface area contributed by atoms with Crippen molar-refractivity contribution in [2.45, 2.75) is 0 Å². The lowest BCUT2D eigenvalue weighted by molar-refractivity contribution is 1.44. The maximum absolute atomic E-state index is 10.6. The van der Waals surface area contributed by atoms with Crippen LogP contribution in [0.5, 0.6) is 0 Å². The van der Waals surface area contributed by atoms with Gasteiger partial charge in [-0.2, -0.15) is 31.6 Å². The molecular formula is C48H24N6. The summed E-state index contributed by atoms with van der Waals surface area (Å²) in [5.41, 5.74) is 9.87. The van der Waals surface area contributed by atoms with Gasteiger partial charge in [0.15, 0.2) is 0 Å². The number of rotatable bonds is 6. The number of nitriles is 6. The fourth-order valence-corrected chi connectivity index (χ4v) is 7.02.